The molecule has 1 N–H and O–H groups in total. The third-order valence-corrected chi connectivity index (χ3v) is 5.74. The van der Waals surface area contributed by atoms with Crippen LogP contribution in [0.15, 0.2) is 64.6 Å². The minimum absolute atomic E-state index is 0.0307. The number of methoxy groups -OCH3 is 1. The van der Waals surface area contributed by atoms with Crippen molar-refractivity contribution < 1.29 is 28.6 Å². The Kier molecular flexibility index (Phi) is 6.45. The van der Waals surface area contributed by atoms with Gasteiger partial charge in [-0.1, -0.05) is 6.92 Å². The zero-order valence-electron chi connectivity index (χ0n) is 19.6. The summed E-state index contributed by atoms with van der Waals surface area (Å²) in [5.74, 6) is 0.541. The van der Waals surface area contributed by atoms with Gasteiger partial charge in [0.15, 0.2) is 0 Å². The standard InChI is InChI=1S/C27H27NO6/c1-5-14-33-21-13-7-18(15-16(21)2)25(29)23-24(22-12-6-17(3)34-22)28(27(31)26(23)30)19-8-10-20(32-4)11-9-19/h6-13,15,24,29H,5,14H2,1-4H3/b25-23-. The monoisotopic (exact) mass is 461 g/mol. The zero-order valence-corrected chi connectivity index (χ0v) is 19.6. The van der Waals surface area contributed by atoms with Gasteiger partial charge in [-0.05, 0) is 80.4 Å². The van der Waals surface area contributed by atoms with E-state index in [1.54, 1.807) is 68.6 Å². The molecule has 0 saturated carbocycles. The van der Waals surface area contributed by atoms with E-state index >= 15 is 0 Å². The van der Waals surface area contributed by atoms with Crippen molar-refractivity contribution >= 4 is 23.1 Å². The third-order valence-electron chi connectivity index (χ3n) is 5.74. The predicted octanol–water partition coefficient (Wildman–Crippen LogP) is 5.32. The minimum atomic E-state index is -0.918. The van der Waals surface area contributed by atoms with Crippen molar-refractivity contribution in [2.45, 2.75) is 33.2 Å². The molecule has 0 radical (unpaired) electrons. The fourth-order valence-corrected chi connectivity index (χ4v) is 4.04. The number of nitrogens with zero attached hydrogens (tertiary/aromatic N) is 1. The van der Waals surface area contributed by atoms with E-state index < -0.39 is 17.7 Å². The summed E-state index contributed by atoms with van der Waals surface area (Å²) in [5.41, 5.74) is 1.69. The lowest BCUT2D eigenvalue weighted by Gasteiger charge is -2.23. The second-order valence-electron chi connectivity index (χ2n) is 8.14. The maximum Gasteiger partial charge on any atom is 0.300 e. The Morgan fingerprint density at radius 2 is 1.79 bits per heavy atom. The first-order valence-electron chi connectivity index (χ1n) is 11.1. The van der Waals surface area contributed by atoms with Crippen LogP contribution in [0, 0.1) is 13.8 Å². The van der Waals surface area contributed by atoms with Crippen LogP contribution in [0.1, 0.15) is 42.0 Å². The van der Waals surface area contributed by atoms with E-state index in [2.05, 4.69) is 0 Å². The van der Waals surface area contributed by atoms with Crippen molar-refractivity contribution in [2.24, 2.45) is 0 Å². The van der Waals surface area contributed by atoms with Crippen molar-refractivity contribution in [2.75, 3.05) is 18.6 Å². The number of furan rings is 1. The summed E-state index contributed by atoms with van der Waals surface area (Å²) in [6.07, 6.45) is 0.874. The Bertz CT molecular complexity index is 1250. The number of amides is 1. The molecule has 0 bridgehead atoms. The van der Waals surface area contributed by atoms with Crippen LogP contribution in [-0.2, 0) is 9.59 Å². The average molecular weight is 462 g/mol. The van der Waals surface area contributed by atoms with Crippen molar-refractivity contribution in [1.82, 2.24) is 0 Å². The van der Waals surface area contributed by atoms with Crippen molar-refractivity contribution in [3.05, 3.63) is 82.8 Å². The highest BCUT2D eigenvalue weighted by atomic mass is 16.5. The maximum atomic E-state index is 13.2. The van der Waals surface area contributed by atoms with Crippen LogP contribution in [0.3, 0.4) is 0 Å². The first-order valence-corrected chi connectivity index (χ1v) is 11.1. The van der Waals surface area contributed by atoms with Gasteiger partial charge in [0.2, 0.25) is 0 Å². The Morgan fingerprint density at radius 1 is 1.06 bits per heavy atom. The molecule has 0 spiro atoms. The summed E-state index contributed by atoms with van der Waals surface area (Å²) < 4.78 is 16.8. The molecule has 34 heavy (non-hydrogen) atoms. The number of aliphatic hydroxyl groups is 1. The number of ketones is 1. The van der Waals surface area contributed by atoms with E-state index in [1.807, 2.05) is 13.8 Å². The van der Waals surface area contributed by atoms with Crippen LogP contribution >= 0.6 is 0 Å². The number of Topliss-reactive ketones (excluding diaryl/α,β-unsaturated/α-hetero) is 1. The summed E-state index contributed by atoms with van der Waals surface area (Å²) in [6.45, 7) is 6.25. The molecule has 2 heterocycles. The van der Waals surface area contributed by atoms with Gasteiger partial charge >= 0.3 is 0 Å². The second-order valence-corrected chi connectivity index (χ2v) is 8.14. The highest BCUT2D eigenvalue weighted by molar-refractivity contribution is 6.51. The molecule has 4 rings (SSSR count). The van der Waals surface area contributed by atoms with E-state index in [-0.39, 0.29) is 11.3 Å². The molecular formula is C27H27NO6. The topological polar surface area (TPSA) is 89.2 Å². The molecule has 7 heteroatoms. The zero-order chi connectivity index (χ0) is 24.4. The van der Waals surface area contributed by atoms with Gasteiger partial charge in [-0.25, -0.2) is 0 Å². The van der Waals surface area contributed by atoms with Crippen molar-refractivity contribution in [3.63, 3.8) is 0 Å². The predicted molar refractivity (Wildman–Crippen MR) is 128 cm³/mol. The number of aliphatic hydroxyl groups excluding tert-OH is 1. The van der Waals surface area contributed by atoms with E-state index in [0.29, 0.717) is 40.9 Å². The molecule has 1 unspecified atom stereocenters. The van der Waals surface area contributed by atoms with Gasteiger partial charge in [0.05, 0.1) is 19.3 Å². The largest absolute Gasteiger partial charge is 0.507 e. The molecule has 2 aromatic carbocycles. The first kappa shape index (κ1) is 23.2. The molecule has 1 aliphatic rings. The summed E-state index contributed by atoms with van der Waals surface area (Å²) in [4.78, 5) is 27.7. The van der Waals surface area contributed by atoms with Crippen molar-refractivity contribution in [3.8, 4) is 11.5 Å². The smallest absolute Gasteiger partial charge is 0.300 e. The molecule has 176 valence electrons. The highest BCUT2D eigenvalue weighted by Crippen LogP contribution is 2.43. The number of anilines is 1. The Hall–Kier alpha value is -4.00. The fourth-order valence-electron chi connectivity index (χ4n) is 4.04. The van der Waals surface area contributed by atoms with E-state index in [0.717, 1.165) is 12.0 Å². The number of aryl methyl sites for hydroxylation is 2. The molecule has 1 aromatic heterocycles. The molecule has 3 aromatic rings. The number of hydrogen-bond donors (Lipinski definition) is 1. The van der Waals surface area contributed by atoms with Crippen LogP contribution in [0.2, 0.25) is 0 Å². The number of benzene rings is 2. The highest BCUT2D eigenvalue weighted by Gasteiger charge is 2.48. The Morgan fingerprint density at radius 3 is 2.38 bits per heavy atom. The molecule has 1 atom stereocenters. The fraction of sp³-hybridized carbons (Fsp3) is 0.259. The average Bonchev–Trinajstić information content (AvgIpc) is 3.38. The molecule has 0 aliphatic carbocycles. The van der Waals surface area contributed by atoms with Crippen LogP contribution in [0.4, 0.5) is 5.69 Å². The number of rotatable bonds is 7. The SMILES string of the molecule is CCCOc1ccc(/C(O)=C2/C(=O)C(=O)N(c3ccc(OC)cc3)C2c2ccc(C)o2)cc1C. The summed E-state index contributed by atoms with van der Waals surface area (Å²) in [6, 6.07) is 14.5. The van der Waals surface area contributed by atoms with Gasteiger partial charge < -0.3 is 19.0 Å². The van der Waals surface area contributed by atoms with Crippen LogP contribution in [0.25, 0.3) is 5.76 Å². The van der Waals surface area contributed by atoms with Gasteiger partial charge in [-0.2, -0.15) is 0 Å². The summed E-state index contributed by atoms with van der Waals surface area (Å²) >= 11 is 0. The quantitative estimate of drug-likeness (QED) is 0.291. The van der Waals surface area contributed by atoms with Gasteiger partial charge in [0.1, 0.15) is 34.8 Å². The molecule has 1 saturated heterocycles. The number of carbonyl (C=O) groups is 2. The van der Waals surface area contributed by atoms with Crippen LogP contribution < -0.4 is 14.4 Å². The second kappa shape index (κ2) is 9.47. The maximum absolute atomic E-state index is 13.2. The van der Waals surface area contributed by atoms with Gasteiger partial charge in [-0.3, -0.25) is 14.5 Å². The lowest BCUT2D eigenvalue weighted by molar-refractivity contribution is -0.132. The van der Waals surface area contributed by atoms with Crippen molar-refractivity contribution in [1.29, 1.82) is 0 Å². The molecule has 1 fully saturated rings. The normalized spacial score (nSPS) is 17.3. The van der Waals surface area contributed by atoms with Gasteiger partial charge in [-0.15, -0.1) is 0 Å². The molecule has 1 aliphatic heterocycles. The Labute approximate surface area is 198 Å². The molecule has 7 nitrogen and oxygen atoms in total. The van der Waals surface area contributed by atoms with Crippen LogP contribution in [-0.4, -0.2) is 30.5 Å². The molecule has 1 amide bonds. The van der Waals surface area contributed by atoms with E-state index in [1.165, 1.54) is 4.90 Å². The van der Waals surface area contributed by atoms with E-state index in [9.17, 15) is 14.7 Å². The first-order chi connectivity index (χ1) is 16.3. The van der Waals surface area contributed by atoms with Gasteiger partial charge in [0, 0.05) is 11.3 Å². The summed E-state index contributed by atoms with van der Waals surface area (Å²) in [7, 11) is 1.55. The lowest BCUT2D eigenvalue weighted by atomic mass is 9.98. The Balaban J connectivity index is 1.84. The van der Waals surface area contributed by atoms with E-state index in [4.69, 9.17) is 13.9 Å². The number of carbonyl (C=O) groups excluding carboxylic acids is 2. The van der Waals surface area contributed by atoms with Gasteiger partial charge in [0.25, 0.3) is 11.7 Å². The lowest BCUT2D eigenvalue weighted by Crippen LogP contribution is -2.29. The summed E-state index contributed by atoms with van der Waals surface area (Å²) in [5, 5.41) is 11.3. The number of ether oxygens (including phenoxy) is 2. The minimum Gasteiger partial charge on any atom is -0.507 e. The third kappa shape index (κ3) is 4.17. The number of hydrogen-bond acceptors (Lipinski definition) is 6. The molecular weight excluding hydrogens is 434 g/mol. The van der Waals surface area contributed by atoms with Crippen LogP contribution in [0.5, 0.6) is 11.5 Å².